The second-order valence-corrected chi connectivity index (χ2v) is 9.46. The van der Waals surface area contributed by atoms with Crippen molar-refractivity contribution in [2.45, 2.75) is 37.5 Å². The molecule has 1 aliphatic rings. The van der Waals surface area contributed by atoms with Crippen LogP contribution in [-0.4, -0.2) is 52.9 Å². The average molecular weight is 309 g/mol. The molecular weight excluding hydrogens is 290 g/mol. The minimum Gasteiger partial charge on any atom is -0.479 e. The van der Waals surface area contributed by atoms with Gasteiger partial charge in [-0.15, -0.1) is 0 Å². The summed E-state index contributed by atoms with van der Waals surface area (Å²) in [6, 6.07) is 0. The molecule has 1 heterocycles. The number of sulfone groups is 1. The van der Waals surface area contributed by atoms with Crippen molar-refractivity contribution in [3.63, 3.8) is 0 Å². The maximum Gasteiger partial charge on any atom is 0.330 e. The number of thioether (sulfide) groups is 1. The molecule has 1 atom stereocenters. The van der Waals surface area contributed by atoms with Gasteiger partial charge in [0, 0.05) is 5.75 Å². The molecule has 1 amide bonds. The van der Waals surface area contributed by atoms with Crippen molar-refractivity contribution in [1.29, 1.82) is 0 Å². The zero-order chi connectivity index (χ0) is 14.9. The molecule has 0 aromatic heterocycles. The highest BCUT2D eigenvalue weighted by atomic mass is 32.2. The van der Waals surface area contributed by atoms with Gasteiger partial charge in [0.2, 0.25) is 5.91 Å². The van der Waals surface area contributed by atoms with Gasteiger partial charge in [-0.2, -0.15) is 11.8 Å². The molecule has 0 aliphatic carbocycles. The molecule has 2 N–H and O–H groups in total. The predicted octanol–water partition coefficient (Wildman–Crippen LogP) is 0.276. The molecule has 0 aromatic rings. The Morgan fingerprint density at radius 2 is 1.95 bits per heavy atom. The zero-order valence-corrected chi connectivity index (χ0v) is 12.9. The van der Waals surface area contributed by atoms with E-state index in [1.807, 2.05) is 0 Å². The quantitative estimate of drug-likeness (QED) is 0.773. The molecule has 110 valence electrons. The normalized spacial score (nSPS) is 24.2. The molecule has 19 heavy (non-hydrogen) atoms. The summed E-state index contributed by atoms with van der Waals surface area (Å²) in [5, 5.41) is 11.6. The van der Waals surface area contributed by atoms with Crippen molar-refractivity contribution in [2.75, 3.05) is 17.3 Å². The van der Waals surface area contributed by atoms with E-state index < -0.39 is 37.8 Å². The molecule has 1 rings (SSSR count). The minimum atomic E-state index is -3.60. The van der Waals surface area contributed by atoms with Crippen LogP contribution in [0.2, 0.25) is 0 Å². The SMILES string of the molecule is CC(C)(C)S(=O)(=O)CC(=O)NC1(C(=O)O)CCSC1. The summed E-state index contributed by atoms with van der Waals surface area (Å²) in [5.41, 5.74) is -1.32. The van der Waals surface area contributed by atoms with E-state index in [-0.39, 0.29) is 5.75 Å². The second-order valence-electron chi connectivity index (χ2n) is 5.61. The number of carbonyl (C=O) groups excluding carboxylic acids is 1. The Labute approximate surface area is 117 Å². The van der Waals surface area contributed by atoms with Gasteiger partial charge in [-0.3, -0.25) is 4.79 Å². The highest BCUT2D eigenvalue weighted by Gasteiger charge is 2.44. The summed E-state index contributed by atoms with van der Waals surface area (Å²) in [7, 11) is -3.60. The van der Waals surface area contributed by atoms with Gasteiger partial charge in [0.15, 0.2) is 9.84 Å². The summed E-state index contributed by atoms with van der Waals surface area (Å²) in [6.45, 7) is 4.52. The average Bonchev–Trinajstić information content (AvgIpc) is 2.64. The molecule has 1 saturated heterocycles. The molecule has 1 aliphatic heterocycles. The van der Waals surface area contributed by atoms with Crippen LogP contribution in [0.3, 0.4) is 0 Å². The smallest absolute Gasteiger partial charge is 0.330 e. The predicted molar refractivity (Wildman–Crippen MR) is 74.0 cm³/mol. The highest BCUT2D eigenvalue weighted by Crippen LogP contribution is 2.28. The van der Waals surface area contributed by atoms with Gasteiger partial charge in [0.1, 0.15) is 11.3 Å². The van der Waals surface area contributed by atoms with Crippen LogP contribution < -0.4 is 5.32 Å². The first kappa shape index (κ1) is 16.3. The number of carbonyl (C=O) groups is 2. The molecule has 1 unspecified atom stereocenters. The van der Waals surface area contributed by atoms with Crippen LogP contribution in [0.1, 0.15) is 27.2 Å². The van der Waals surface area contributed by atoms with E-state index in [1.165, 1.54) is 32.5 Å². The Kier molecular flexibility index (Phi) is 4.56. The van der Waals surface area contributed by atoms with Crippen molar-refractivity contribution in [2.24, 2.45) is 0 Å². The second kappa shape index (κ2) is 5.32. The number of aliphatic carboxylic acids is 1. The Bertz CT molecular complexity index is 472. The topological polar surface area (TPSA) is 101 Å². The van der Waals surface area contributed by atoms with Crippen LogP contribution in [0.15, 0.2) is 0 Å². The van der Waals surface area contributed by atoms with Crippen LogP contribution in [0, 0.1) is 0 Å². The summed E-state index contributed by atoms with van der Waals surface area (Å²) in [5.74, 6) is -1.64. The van der Waals surface area contributed by atoms with E-state index >= 15 is 0 Å². The lowest BCUT2D eigenvalue weighted by Crippen LogP contribution is -2.56. The molecule has 0 bridgehead atoms. The van der Waals surface area contributed by atoms with Crippen molar-refractivity contribution in [3.8, 4) is 0 Å². The van der Waals surface area contributed by atoms with E-state index in [1.54, 1.807) is 0 Å². The minimum absolute atomic E-state index is 0.267. The van der Waals surface area contributed by atoms with Crippen molar-refractivity contribution in [3.05, 3.63) is 0 Å². The van der Waals surface area contributed by atoms with E-state index in [0.29, 0.717) is 12.2 Å². The number of hydrogen-bond acceptors (Lipinski definition) is 5. The van der Waals surface area contributed by atoms with E-state index in [2.05, 4.69) is 5.32 Å². The van der Waals surface area contributed by atoms with Crippen LogP contribution in [0.4, 0.5) is 0 Å². The van der Waals surface area contributed by atoms with E-state index in [4.69, 9.17) is 0 Å². The van der Waals surface area contributed by atoms with Crippen molar-refractivity contribution < 1.29 is 23.1 Å². The molecule has 0 aromatic carbocycles. The summed E-state index contributed by atoms with van der Waals surface area (Å²) in [4.78, 5) is 23.1. The number of hydrogen-bond donors (Lipinski definition) is 2. The first-order valence-corrected chi connectivity index (χ1v) is 8.65. The van der Waals surface area contributed by atoms with Gasteiger partial charge >= 0.3 is 5.97 Å². The van der Waals surface area contributed by atoms with Gasteiger partial charge in [0.05, 0.1) is 4.75 Å². The third-order valence-corrected chi connectivity index (χ3v) is 6.76. The van der Waals surface area contributed by atoms with E-state index in [0.717, 1.165) is 0 Å². The van der Waals surface area contributed by atoms with Gasteiger partial charge in [-0.1, -0.05) is 0 Å². The number of carboxylic acids is 1. The fourth-order valence-electron chi connectivity index (χ4n) is 1.58. The molecular formula is C11H19NO5S2. The highest BCUT2D eigenvalue weighted by molar-refractivity contribution is 7.99. The molecule has 0 saturated carbocycles. The summed E-state index contributed by atoms with van der Waals surface area (Å²) < 4.78 is 22.8. The first-order chi connectivity index (χ1) is 8.50. The third-order valence-electron chi connectivity index (χ3n) is 3.06. The van der Waals surface area contributed by atoms with Crippen LogP contribution in [-0.2, 0) is 19.4 Å². The first-order valence-electron chi connectivity index (χ1n) is 5.85. The maximum absolute atomic E-state index is 11.9. The lowest BCUT2D eigenvalue weighted by Gasteiger charge is -2.26. The lowest BCUT2D eigenvalue weighted by molar-refractivity contribution is -0.146. The van der Waals surface area contributed by atoms with Crippen LogP contribution in [0.25, 0.3) is 0 Å². The van der Waals surface area contributed by atoms with Crippen molar-refractivity contribution in [1.82, 2.24) is 5.32 Å². The summed E-state index contributed by atoms with van der Waals surface area (Å²) in [6.07, 6.45) is 0.314. The number of nitrogens with one attached hydrogen (secondary N) is 1. The molecule has 0 radical (unpaired) electrons. The lowest BCUT2D eigenvalue weighted by atomic mass is 9.99. The third kappa shape index (κ3) is 3.62. The van der Waals surface area contributed by atoms with E-state index in [9.17, 15) is 23.1 Å². The zero-order valence-electron chi connectivity index (χ0n) is 11.2. The molecule has 8 heteroatoms. The largest absolute Gasteiger partial charge is 0.479 e. The maximum atomic E-state index is 11.9. The van der Waals surface area contributed by atoms with Gasteiger partial charge < -0.3 is 10.4 Å². The Balaban J connectivity index is 2.78. The Morgan fingerprint density at radius 1 is 1.37 bits per heavy atom. The number of carboxylic acid groups (broad SMARTS) is 1. The Hall–Kier alpha value is -0.760. The number of amides is 1. The summed E-state index contributed by atoms with van der Waals surface area (Å²) >= 11 is 1.43. The van der Waals surface area contributed by atoms with Gasteiger partial charge in [0.25, 0.3) is 0 Å². The van der Waals surface area contributed by atoms with Gasteiger partial charge in [-0.05, 0) is 32.9 Å². The molecule has 0 spiro atoms. The monoisotopic (exact) mass is 309 g/mol. The van der Waals surface area contributed by atoms with Crippen LogP contribution in [0.5, 0.6) is 0 Å². The van der Waals surface area contributed by atoms with Crippen molar-refractivity contribution >= 4 is 33.5 Å². The number of rotatable bonds is 4. The fraction of sp³-hybridized carbons (Fsp3) is 0.818. The molecule has 6 nitrogen and oxygen atoms in total. The fourth-order valence-corrected chi connectivity index (χ4v) is 3.75. The molecule has 1 fully saturated rings. The van der Waals surface area contributed by atoms with Gasteiger partial charge in [-0.25, -0.2) is 13.2 Å². The Morgan fingerprint density at radius 3 is 2.32 bits per heavy atom. The van der Waals surface area contributed by atoms with Crippen LogP contribution >= 0.6 is 11.8 Å². The standard InChI is InChI=1S/C11H19NO5S2/c1-10(2,3)19(16,17)6-8(13)12-11(9(14)15)4-5-18-7-11/h4-7H2,1-3H3,(H,12,13)(H,14,15).